The Morgan fingerprint density at radius 2 is 1.88 bits per heavy atom. The third-order valence-corrected chi connectivity index (χ3v) is 6.11. The summed E-state index contributed by atoms with van der Waals surface area (Å²) in [5, 5.41) is 9.82. The van der Waals surface area contributed by atoms with Gasteiger partial charge in [0, 0.05) is 18.8 Å². The van der Waals surface area contributed by atoms with E-state index in [4.69, 9.17) is 16.3 Å². The van der Waals surface area contributed by atoms with Crippen LogP contribution in [-0.4, -0.2) is 48.9 Å². The van der Waals surface area contributed by atoms with E-state index >= 15 is 0 Å². The molecule has 176 valence electrons. The largest absolute Gasteiger partial charge is 0.444 e. The van der Waals surface area contributed by atoms with Crippen molar-refractivity contribution in [2.45, 2.75) is 51.7 Å². The molecule has 0 saturated carbocycles. The number of alkyl carbamates (subject to hydrolysis) is 1. The predicted octanol–water partition coefficient (Wildman–Crippen LogP) is 2.60. The van der Waals surface area contributed by atoms with Gasteiger partial charge in [-0.3, -0.25) is 9.48 Å². The number of rotatable bonds is 8. The molecule has 0 aliphatic rings. The van der Waals surface area contributed by atoms with Crippen molar-refractivity contribution in [3.8, 4) is 0 Å². The first-order valence-corrected chi connectivity index (χ1v) is 11.7. The van der Waals surface area contributed by atoms with E-state index in [-0.39, 0.29) is 30.4 Å². The van der Waals surface area contributed by atoms with Gasteiger partial charge >= 0.3 is 6.09 Å². The Hall–Kier alpha value is -2.63. The number of carbonyl (C=O) groups is 2. The number of anilines is 1. The molecule has 0 aliphatic heterocycles. The van der Waals surface area contributed by atoms with E-state index in [9.17, 15) is 18.0 Å². The first kappa shape index (κ1) is 25.6. The van der Waals surface area contributed by atoms with Crippen molar-refractivity contribution in [3.63, 3.8) is 0 Å². The van der Waals surface area contributed by atoms with Crippen LogP contribution >= 0.6 is 11.6 Å². The van der Waals surface area contributed by atoms with Gasteiger partial charge in [0.25, 0.3) is 0 Å². The molecule has 0 atom stereocenters. The number of aromatic nitrogens is 2. The van der Waals surface area contributed by atoms with Crippen molar-refractivity contribution in [1.82, 2.24) is 19.8 Å². The van der Waals surface area contributed by atoms with Gasteiger partial charge in [0.1, 0.15) is 12.1 Å². The molecule has 10 nitrogen and oxygen atoms in total. The summed E-state index contributed by atoms with van der Waals surface area (Å²) in [6.45, 7) is 8.65. The summed E-state index contributed by atoms with van der Waals surface area (Å²) < 4.78 is 34.0. The van der Waals surface area contributed by atoms with E-state index in [2.05, 4.69) is 20.5 Å². The Balaban J connectivity index is 1.93. The van der Waals surface area contributed by atoms with Crippen LogP contribution in [0.3, 0.4) is 0 Å². The first-order chi connectivity index (χ1) is 14.8. The summed E-state index contributed by atoms with van der Waals surface area (Å²) in [6, 6.07) is 5.84. The number of nitrogens with zero attached hydrogens (tertiary/aromatic N) is 2. The number of carbonyl (C=O) groups excluding carboxylic acids is 2. The van der Waals surface area contributed by atoms with E-state index in [1.807, 2.05) is 0 Å². The number of ether oxygens (including phenoxy) is 1. The highest BCUT2D eigenvalue weighted by molar-refractivity contribution is 7.89. The highest BCUT2D eigenvalue weighted by Gasteiger charge is 2.18. The smallest absolute Gasteiger partial charge is 0.407 e. The molecule has 2 amide bonds. The Morgan fingerprint density at radius 3 is 2.47 bits per heavy atom. The SMILES string of the molecule is Cc1nn(CC(=O)Nc2cccc(S(=O)(=O)NCCNC(=O)OC(C)(C)C)c2)c(C)c1Cl. The molecule has 1 aromatic carbocycles. The second kappa shape index (κ2) is 10.3. The maximum absolute atomic E-state index is 12.5. The third kappa shape index (κ3) is 7.50. The molecule has 1 heterocycles. The predicted molar refractivity (Wildman–Crippen MR) is 121 cm³/mol. The monoisotopic (exact) mass is 485 g/mol. The maximum Gasteiger partial charge on any atom is 0.407 e. The molecule has 0 aliphatic carbocycles. The van der Waals surface area contributed by atoms with Crippen molar-refractivity contribution in [3.05, 3.63) is 40.7 Å². The number of amides is 2. The highest BCUT2D eigenvalue weighted by Crippen LogP contribution is 2.19. The minimum Gasteiger partial charge on any atom is -0.444 e. The fourth-order valence-corrected chi connectivity index (χ4v) is 3.87. The van der Waals surface area contributed by atoms with Gasteiger partial charge in [-0.2, -0.15) is 5.10 Å². The molecule has 3 N–H and O–H groups in total. The van der Waals surface area contributed by atoms with Gasteiger partial charge in [-0.25, -0.2) is 17.9 Å². The molecule has 0 radical (unpaired) electrons. The molecule has 0 unspecified atom stereocenters. The zero-order chi connectivity index (χ0) is 24.1. The molecule has 2 rings (SSSR count). The van der Waals surface area contributed by atoms with Crippen LogP contribution < -0.4 is 15.4 Å². The molecule has 0 saturated heterocycles. The van der Waals surface area contributed by atoms with Crippen molar-refractivity contribution in [2.75, 3.05) is 18.4 Å². The van der Waals surface area contributed by atoms with Gasteiger partial charge in [-0.15, -0.1) is 0 Å². The van der Waals surface area contributed by atoms with Gasteiger partial charge in [-0.1, -0.05) is 17.7 Å². The number of sulfonamides is 1. The lowest BCUT2D eigenvalue weighted by Gasteiger charge is -2.19. The van der Waals surface area contributed by atoms with Crippen molar-refractivity contribution < 1.29 is 22.7 Å². The van der Waals surface area contributed by atoms with Gasteiger partial charge in [0.15, 0.2) is 0 Å². The standard InChI is InChI=1S/C20H28ClN5O5S/c1-13-18(21)14(2)26(25-13)12-17(27)24-15-7-6-8-16(11-15)32(29,30)23-10-9-22-19(28)31-20(3,4)5/h6-8,11,23H,9-10,12H2,1-5H3,(H,22,28)(H,24,27). The minimum atomic E-state index is -3.85. The van der Waals surface area contributed by atoms with E-state index in [1.165, 1.54) is 22.9 Å². The van der Waals surface area contributed by atoms with Crippen molar-refractivity contribution in [1.29, 1.82) is 0 Å². The zero-order valence-corrected chi connectivity index (χ0v) is 20.2. The Morgan fingerprint density at radius 1 is 1.19 bits per heavy atom. The number of hydrogen-bond donors (Lipinski definition) is 3. The number of aryl methyl sites for hydroxylation is 1. The number of benzene rings is 1. The Labute approximate surface area is 192 Å². The van der Waals surface area contributed by atoms with Crippen LogP contribution in [0.25, 0.3) is 0 Å². The quantitative estimate of drug-likeness (QED) is 0.492. The summed E-state index contributed by atoms with van der Waals surface area (Å²) in [4.78, 5) is 23.9. The summed E-state index contributed by atoms with van der Waals surface area (Å²) in [5.41, 5.74) is 0.963. The Kier molecular flexibility index (Phi) is 8.27. The van der Waals surface area contributed by atoms with Gasteiger partial charge < -0.3 is 15.4 Å². The minimum absolute atomic E-state index is 0.0262. The average molecular weight is 486 g/mol. The molecule has 2 aromatic rings. The van der Waals surface area contributed by atoms with E-state index < -0.39 is 21.7 Å². The number of hydrogen-bond acceptors (Lipinski definition) is 6. The molecular formula is C20H28ClN5O5S. The van der Waals surface area contributed by atoms with Gasteiger partial charge in [0.05, 0.1) is 21.3 Å². The number of nitrogens with one attached hydrogen (secondary N) is 3. The summed E-state index contributed by atoms with van der Waals surface area (Å²) in [7, 11) is -3.85. The molecule has 1 aromatic heterocycles. The lowest BCUT2D eigenvalue weighted by atomic mass is 10.2. The van der Waals surface area contributed by atoms with E-state index in [1.54, 1.807) is 40.7 Å². The average Bonchev–Trinajstić information content (AvgIpc) is 2.90. The van der Waals surface area contributed by atoms with Gasteiger partial charge in [0.2, 0.25) is 15.9 Å². The van der Waals surface area contributed by atoms with Crippen LogP contribution in [-0.2, 0) is 26.1 Å². The molecule has 0 spiro atoms. The second-order valence-electron chi connectivity index (χ2n) is 8.04. The zero-order valence-electron chi connectivity index (χ0n) is 18.7. The lowest BCUT2D eigenvalue weighted by molar-refractivity contribution is -0.116. The summed E-state index contributed by atoms with van der Waals surface area (Å²) in [5.74, 6) is -0.378. The summed E-state index contributed by atoms with van der Waals surface area (Å²) >= 11 is 6.09. The normalized spacial score (nSPS) is 11.8. The molecule has 0 fully saturated rings. The fourth-order valence-electron chi connectivity index (χ4n) is 2.65. The van der Waals surface area contributed by atoms with Crippen LogP contribution in [0.15, 0.2) is 29.2 Å². The van der Waals surface area contributed by atoms with Crippen LogP contribution in [0.4, 0.5) is 10.5 Å². The van der Waals surface area contributed by atoms with Crippen LogP contribution in [0.2, 0.25) is 5.02 Å². The maximum atomic E-state index is 12.5. The molecule has 12 heteroatoms. The van der Waals surface area contributed by atoms with Gasteiger partial charge in [-0.05, 0) is 52.8 Å². The Bertz CT molecular complexity index is 1090. The molecular weight excluding hydrogens is 458 g/mol. The van der Waals surface area contributed by atoms with E-state index in [0.717, 1.165) is 0 Å². The van der Waals surface area contributed by atoms with Crippen molar-refractivity contribution >= 4 is 39.3 Å². The van der Waals surface area contributed by atoms with Crippen molar-refractivity contribution in [2.24, 2.45) is 0 Å². The highest BCUT2D eigenvalue weighted by atomic mass is 35.5. The number of halogens is 1. The van der Waals surface area contributed by atoms with Crippen LogP contribution in [0.1, 0.15) is 32.2 Å². The van der Waals surface area contributed by atoms with E-state index in [0.29, 0.717) is 22.1 Å². The first-order valence-electron chi connectivity index (χ1n) is 9.84. The second-order valence-corrected chi connectivity index (χ2v) is 10.2. The van der Waals surface area contributed by atoms with Crippen LogP contribution in [0, 0.1) is 13.8 Å². The summed E-state index contributed by atoms with van der Waals surface area (Å²) in [6.07, 6.45) is -0.634. The van der Waals surface area contributed by atoms with Crippen LogP contribution in [0.5, 0.6) is 0 Å². The molecule has 32 heavy (non-hydrogen) atoms. The third-order valence-electron chi connectivity index (χ3n) is 4.10. The lowest BCUT2D eigenvalue weighted by Crippen LogP contribution is -2.37. The molecule has 0 bridgehead atoms. The topological polar surface area (TPSA) is 131 Å². The fraction of sp³-hybridized carbons (Fsp3) is 0.450.